The summed E-state index contributed by atoms with van der Waals surface area (Å²) in [5, 5.41) is 20.3. The molecule has 144 valence electrons. The van der Waals surface area contributed by atoms with Crippen molar-refractivity contribution in [3.8, 4) is 5.75 Å². The molecule has 0 aliphatic carbocycles. The van der Waals surface area contributed by atoms with E-state index in [9.17, 15) is 9.50 Å². The van der Waals surface area contributed by atoms with Crippen LogP contribution in [0.3, 0.4) is 0 Å². The average molecular weight is 477 g/mol. The molecule has 1 aromatic carbocycles. The number of aliphatic imine (C=N–C) groups is 1. The Morgan fingerprint density at radius 3 is 2.65 bits per heavy atom. The molecule has 0 spiro atoms. The molecule has 0 saturated carbocycles. The summed E-state index contributed by atoms with van der Waals surface area (Å²) in [6, 6.07) is 7.57. The highest BCUT2D eigenvalue weighted by Gasteiger charge is 2.07. The maximum absolute atomic E-state index is 12.8. The lowest BCUT2D eigenvalue weighted by atomic mass is 10.3. The number of aryl methyl sites for hydroxylation is 1. The summed E-state index contributed by atoms with van der Waals surface area (Å²) in [7, 11) is 1.86. The van der Waals surface area contributed by atoms with Crippen LogP contribution >= 0.6 is 24.0 Å². The zero-order valence-corrected chi connectivity index (χ0v) is 17.2. The molecule has 0 radical (unpaired) electrons. The van der Waals surface area contributed by atoms with Crippen molar-refractivity contribution in [3.05, 3.63) is 48.0 Å². The van der Waals surface area contributed by atoms with Crippen molar-refractivity contribution in [1.82, 2.24) is 20.4 Å². The van der Waals surface area contributed by atoms with Gasteiger partial charge >= 0.3 is 0 Å². The van der Waals surface area contributed by atoms with Gasteiger partial charge in [0.25, 0.3) is 0 Å². The number of nitrogens with one attached hydrogen (secondary N) is 2. The molecule has 1 atom stereocenters. The van der Waals surface area contributed by atoms with Gasteiger partial charge in [0.2, 0.25) is 0 Å². The van der Waals surface area contributed by atoms with Crippen LogP contribution in [0.1, 0.15) is 12.6 Å². The number of aliphatic hydroxyl groups is 1. The van der Waals surface area contributed by atoms with E-state index in [1.54, 1.807) is 10.9 Å². The fraction of sp³-hybridized carbons (Fsp3) is 0.412. The van der Waals surface area contributed by atoms with Crippen LogP contribution < -0.4 is 15.4 Å². The van der Waals surface area contributed by atoms with Crippen molar-refractivity contribution in [3.63, 3.8) is 0 Å². The molecule has 3 N–H and O–H groups in total. The quantitative estimate of drug-likeness (QED) is 0.306. The second-order valence-corrected chi connectivity index (χ2v) is 5.44. The average Bonchev–Trinajstić information content (AvgIpc) is 3.02. The lowest BCUT2D eigenvalue weighted by Gasteiger charge is -2.16. The molecule has 2 aromatic rings. The molecule has 1 unspecified atom stereocenters. The van der Waals surface area contributed by atoms with E-state index in [0.717, 1.165) is 5.69 Å². The predicted molar refractivity (Wildman–Crippen MR) is 109 cm³/mol. The molecule has 0 saturated heterocycles. The largest absolute Gasteiger partial charge is 0.491 e. The summed E-state index contributed by atoms with van der Waals surface area (Å²) in [6.07, 6.45) is 0.993. The Balaban J connectivity index is 0.00000338. The molecule has 0 aliphatic rings. The number of hydrogen-bond donors (Lipinski definition) is 3. The maximum Gasteiger partial charge on any atom is 0.191 e. The molecular weight excluding hydrogens is 452 g/mol. The smallest absolute Gasteiger partial charge is 0.191 e. The fourth-order valence-electron chi connectivity index (χ4n) is 2.05. The molecular formula is C17H25FIN5O2. The Hall–Kier alpha value is -1.88. The Morgan fingerprint density at radius 1 is 1.31 bits per heavy atom. The van der Waals surface area contributed by atoms with Crippen molar-refractivity contribution in [2.45, 2.75) is 19.6 Å². The van der Waals surface area contributed by atoms with Gasteiger partial charge in [-0.25, -0.2) is 9.38 Å². The minimum absolute atomic E-state index is 0. The normalized spacial score (nSPS) is 12.2. The summed E-state index contributed by atoms with van der Waals surface area (Å²) in [4.78, 5) is 4.46. The van der Waals surface area contributed by atoms with Gasteiger partial charge in [-0.2, -0.15) is 5.10 Å². The monoisotopic (exact) mass is 477 g/mol. The molecule has 9 heteroatoms. The summed E-state index contributed by atoms with van der Waals surface area (Å²) in [6.45, 7) is 3.53. The van der Waals surface area contributed by atoms with Gasteiger partial charge in [-0.1, -0.05) is 0 Å². The van der Waals surface area contributed by atoms with Crippen LogP contribution in [0.2, 0.25) is 0 Å². The van der Waals surface area contributed by atoms with Gasteiger partial charge in [-0.15, -0.1) is 24.0 Å². The van der Waals surface area contributed by atoms with Crippen molar-refractivity contribution in [2.75, 3.05) is 19.7 Å². The Kier molecular flexibility index (Phi) is 9.96. The van der Waals surface area contributed by atoms with Gasteiger partial charge < -0.3 is 20.5 Å². The molecule has 0 aliphatic heterocycles. The third kappa shape index (κ3) is 7.56. The highest BCUT2D eigenvalue weighted by molar-refractivity contribution is 14.0. The number of nitrogens with zero attached hydrogens (tertiary/aromatic N) is 3. The van der Waals surface area contributed by atoms with Crippen molar-refractivity contribution >= 4 is 29.9 Å². The van der Waals surface area contributed by atoms with Gasteiger partial charge in [0, 0.05) is 26.3 Å². The first kappa shape index (κ1) is 22.2. The Labute approximate surface area is 169 Å². The van der Waals surface area contributed by atoms with Crippen molar-refractivity contribution in [1.29, 1.82) is 0 Å². The lowest BCUT2D eigenvalue weighted by Crippen LogP contribution is -2.42. The Morgan fingerprint density at radius 2 is 2.04 bits per heavy atom. The molecule has 0 bridgehead atoms. The molecule has 2 rings (SSSR count). The van der Waals surface area contributed by atoms with Crippen molar-refractivity contribution < 1.29 is 14.2 Å². The van der Waals surface area contributed by atoms with Crippen LogP contribution in [-0.2, 0) is 13.6 Å². The van der Waals surface area contributed by atoms with Gasteiger partial charge in [-0.05, 0) is 37.3 Å². The van der Waals surface area contributed by atoms with Gasteiger partial charge in [0.15, 0.2) is 5.96 Å². The zero-order valence-electron chi connectivity index (χ0n) is 14.9. The van der Waals surface area contributed by atoms with Crippen molar-refractivity contribution in [2.24, 2.45) is 12.0 Å². The number of guanidine groups is 1. The number of halogens is 2. The van der Waals surface area contributed by atoms with E-state index in [1.165, 1.54) is 24.3 Å². The van der Waals surface area contributed by atoms with Crippen LogP contribution in [0, 0.1) is 5.82 Å². The molecule has 0 fully saturated rings. The van der Waals surface area contributed by atoms with Crippen LogP contribution in [0.4, 0.5) is 4.39 Å². The number of benzene rings is 1. The highest BCUT2D eigenvalue weighted by atomic mass is 127. The lowest BCUT2D eigenvalue weighted by molar-refractivity contribution is 0.110. The van der Waals surface area contributed by atoms with Crippen LogP contribution in [0.5, 0.6) is 5.75 Å². The molecule has 0 amide bonds. The minimum Gasteiger partial charge on any atom is -0.491 e. The van der Waals surface area contributed by atoms with Gasteiger partial charge in [0.05, 0.1) is 12.2 Å². The Bertz CT molecular complexity index is 678. The zero-order chi connectivity index (χ0) is 18.1. The number of ether oxygens (including phenoxy) is 1. The molecule has 7 nitrogen and oxygen atoms in total. The van der Waals surface area contributed by atoms with Gasteiger partial charge in [-0.3, -0.25) is 4.68 Å². The standard InChI is InChI=1S/C17H24FN5O2.HI/c1-3-19-17(20-10-14-8-9-22-23(14)2)21-11-15(24)12-25-16-6-4-13(18)5-7-16;/h4-9,15,24H,3,10-12H2,1-2H3,(H2,19,20,21);1H. The summed E-state index contributed by atoms with van der Waals surface area (Å²) < 4.78 is 20.0. The van der Waals surface area contributed by atoms with Crippen LogP contribution in [0.15, 0.2) is 41.5 Å². The topological polar surface area (TPSA) is 83.7 Å². The molecule has 1 aromatic heterocycles. The first-order valence-electron chi connectivity index (χ1n) is 8.14. The van der Waals surface area contributed by atoms with E-state index in [4.69, 9.17) is 4.74 Å². The van der Waals surface area contributed by atoms with E-state index in [-0.39, 0.29) is 42.9 Å². The van der Waals surface area contributed by atoms with E-state index in [0.29, 0.717) is 24.8 Å². The molecule has 26 heavy (non-hydrogen) atoms. The minimum atomic E-state index is -0.731. The second kappa shape index (κ2) is 11.7. The van der Waals surface area contributed by atoms with Crippen LogP contribution in [-0.4, -0.2) is 46.6 Å². The number of aliphatic hydroxyl groups excluding tert-OH is 1. The number of rotatable bonds is 8. The summed E-state index contributed by atoms with van der Waals surface area (Å²) >= 11 is 0. The third-order valence-corrected chi connectivity index (χ3v) is 3.43. The van der Waals surface area contributed by atoms with Crippen LogP contribution in [0.25, 0.3) is 0 Å². The van der Waals surface area contributed by atoms with E-state index < -0.39 is 6.10 Å². The first-order valence-corrected chi connectivity index (χ1v) is 8.14. The predicted octanol–water partition coefficient (Wildman–Crippen LogP) is 1.67. The van der Waals surface area contributed by atoms with E-state index >= 15 is 0 Å². The second-order valence-electron chi connectivity index (χ2n) is 5.44. The molecule has 1 heterocycles. The SMILES string of the molecule is CCNC(=NCc1ccnn1C)NCC(O)COc1ccc(F)cc1.I. The summed E-state index contributed by atoms with van der Waals surface area (Å²) in [5.41, 5.74) is 0.984. The third-order valence-electron chi connectivity index (χ3n) is 3.43. The fourth-order valence-corrected chi connectivity index (χ4v) is 2.05. The number of aromatic nitrogens is 2. The number of hydrogen-bond acceptors (Lipinski definition) is 4. The first-order chi connectivity index (χ1) is 12.1. The van der Waals surface area contributed by atoms with E-state index in [2.05, 4.69) is 20.7 Å². The van der Waals surface area contributed by atoms with Gasteiger partial charge in [0.1, 0.15) is 24.3 Å². The highest BCUT2D eigenvalue weighted by Crippen LogP contribution is 2.11. The maximum atomic E-state index is 12.8. The summed E-state index contributed by atoms with van der Waals surface area (Å²) in [5.74, 6) is 0.788. The van der Waals surface area contributed by atoms with E-state index in [1.807, 2.05) is 20.0 Å².